The molecule has 3 rings (SSSR count). The summed E-state index contributed by atoms with van der Waals surface area (Å²) in [5.41, 5.74) is 8.45. The molecule has 0 saturated heterocycles. The molecular formula is C27H34N4O5. The molecule has 1 aliphatic rings. The number of anilines is 2. The minimum Gasteiger partial charge on any atom is -0.508 e. The van der Waals surface area contributed by atoms with Crippen LogP contribution < -0.4 is 16.0 Å². The number of nitrogens with two attached hydrogens (primary N) is 1. The maximum atomic E-state index is 13.2. The van der Waals surface area contributed by atoms with Gasteiger partial charge in [-0.25, -0.2) is 0 Å². The number of aryl methyl sites for hydroxylation is 1. The fraction of sp³-hybridized carbons (Fsp3) is 0.407. The number of phenolic OH excluding ortho intramolecular Hbond substituents is 1. The van der Waals surface area contributed by atoms with E-state index in [0.717, 1.165) is 36.9 Å². The molecule has 2 aromatic rings. The first-order chi connectivity index (χ1) is 17.2. The Morgan fingerprint density at radius 1 is 1.14 bits per heavy atom. The summed E-state index contributed by atoms with van der Waals surface area (Å²) in [6, 6.07) is 9.90. The molecule has 192 valence electrons. The topological polar surface area (TPSA) is 146 Å². The Balaban J connectivity index is 1.73. The summed E-state index contributed by atoms with van der Waals surface area (Å²) in [6.45, 7) is 3.90. The summed E-state index contributed by atoms with van der Waals surface area (Å²) >= 11 is 0. The lowest BCUT2D eigenvalue weighted by molar-refractivity contribution is -0.144. The lowest BCUT2D eigenvalue weighted by Gasteiger charge is -2.31. The van der Waals surface area contributed by atoms with Gasteiger partial charge >= 0.3 is 5.97 Å². The Morgan fingerprint density at radius 2 is 1.86 bits per heavy atom. The summed E-state index contributed by atoms with van der Waals surface area (Å²) in [5, 5.41) is 20.5. The van der Waals surface area contributed by atoms with Gasteiger partial charge in [0.25, 0.3) is 0 Å². The zero-order valence-electron chi connectivity index (χ0n) is 20.8. The maximum Gasteiger partial charge on any atom is 0.306 e. The molecule has 9 nitrogen and oxygen atoms in total. The van der Waals surface area contributed by atoms with Crippen molar-refractivity contribution in [2.45, 2.75) is 64.8 Å². The molecule has 2 aromatic carbocycles. The largest absolute Gasteiger partial charge is 0.508 e. The Labute approximate surface area is 211 Å². The van der Waals surface area contributed by atoms with Crippen LogP contribution in [0.15, 0.2) is 36.4 Å². The minimum absolute atomic E-state index is 0.0424. The van der Waals surface area contributed by atoms with Crippen LogP contribution in [0.5, 0.6) is 5.75 Å². The van der Waals surface area contributed by atoms with Crippen molar-refractivity contribution in [3.05, 3.63) is 53.1 Å². The van der Waals surface area contributed by atoms with Crippen molar-refractivity contribution in [2.24, 2.45) is 5.73 Å². The van der Waals surface area contributed by atoms with E-state index in [9.17, 15) is 19.5 Å². The zero-order valence-corrected chi connectivity index (χ0v) is 20.8. The number of hydrogen-bond acceptors (Lipinski definition) is 6. The molecule has 5 N–H and O–H groups in total. The van der Waals surface area contributed by atoms with Crippen LogP contribution in [-0.4, -0.2) is 41.4 Å². The predicted octanol–water partition coefficient (Wildman–Crippen LogP) is 3.78. The lowest BCUT2D eigenvalue weighted by Crippen LogP contribution is -2.39. The van der Waals surface area contributed by atoms with Gasteiger partial charge in [-0.15, -0.1) is 0 Å². The van der Waals surface area contributed by atoms with Crippen molar-refractivity contribution < 1.29 is 24.2 Å². The van der Waals surface area contributed by atoms with E-state index in [2.05, 4.69) is 5.32 Å². The summed E-state index contributed by atoms with van der Waals surface area (Å²) in [4.78, 5) is 39.4. The van der Waals surface area contributed by atoms with Crippen molar-refractivity contribution in [3.63, 3.8) is 0 Å². The van der Waals surface area contributed by atoms with Gasteiger partial charge in [0.05, 0.1) is 19.4 Å². The van der Waals surface area contributed by atoms with Gasteiger partial charge in [0.2, 0.25) is 11.8 Å². The number of hydrogen-bond donors (Lipinski definition) is 4. The van der Waals surface area contributed by atoms with Gasteiger partial charge in [0.1, 0.15) is 11.6 Å². The van der Waals surface area contributed by atoms with Crippen LogP contribution >= 0.6 is 0 Å². The molecule has 0 radical (unpaired) electrons. The van der Waals surface area contributed by atoms with Crippen LogP contribution in [0.3, 0.4) is 0 Å². The first kappa shape index (κ1) is 26.7. The number of phenols is 1. The number of amidine groups is 1. The number of nitrogen functional groups attached to an aromatic ring is 1. The minimum atomic E-state index is -0.383. The third kappa shape index (κ3) is 6.84. The molecular weight excluding hydrogens is 460 g/mol. The third-order valence-electron chi connectivity index (χ3n) is 6.29. The summed E-state index contributed by atoms with van der Waals surface area (Å²) in [7, 11) is 0. The molecule has 0 unspecified atom stereocenters. The van der Waals surface area contributed by atoms with Crippen LogP contribution in [-0.2, 0) is 25.5 Å². The lowest BCUT2D eigenvalue weighted by atomic mass is 10.1. The average Bonchev–Trinajstić information content (AvgIpc) is 3.35. The Morgan fingerprint density at radius 3 is 2.50 bits per heavy atom. The van der Waals surface area contributed by atoms with Crippen LogP contribution in [0, 0.1) is 12.3 Å². The predicted molar refractivity (Wildman–Crippen MR) is 138 cm³/mol. The van der Waals surface area contributed by atoms with Crippen molar-refractivity contribution in [1.29, 1.82) is 5.41 Å². The fourth-order valence-corrected chi connectivity index (χ4v) is 4.54. The summed E-state index contributed by atoms with van der Waals surface area (Å²) < 4.78 is 4.97. The van der Waals surface area contributed by atoms with Gasteiger partial charge in [0, 0.05) is 35.0 Å². The third-order valence-corrected chi connectivity index (χ3v) is 6.29. The highest BCUT2D eigenvalue weighted by atomic mass is 16.5. The van der Waals surface area contributed by atoms with Crippen molar-refractivity contribution >= 4 is 35.0 Å². The number of nitrogens with zero attached hydrogens (tertiary/aromatic N) is 1. The molecule has 0 aliphatic heterocycles. The van der Waals surface area contributed by atoms with Gasteiger partial charge in [-0.3, -0.25) is 19.8 Å². The molecule has 0 bridgehead atoms. The Hall–Kier alpha value is -3.88. The monoisotopic (exact) mass is 494 g/mol. The second-order valence-corrected chi connectivity index (χ2v) is 8.99. The number of aromatic hydroxyl groups is 1. The fourth-order valence-electron chi connectivity index (χ4n) is 4.54. The number of carbonyl (C=O) groups excluding carboxylic acids is 3. The highest BCUT2D eigenvalue weighted by Crippen LogP contribution is 2.32. The van der Waals surface area contributed by atoms with Crippen LogP contribution in [0.25, 0.3) is 0 Å². The molecule has 0 aromatic heterocycles. The number of amides is 2. The van der Waals surface area contributed by atoms with E-state index in [1.807, 2.05) is 13.0 Å². The Kier molecular flexibility index (Phi) is 9.05. The van der Waals surface area contributed by atoms with Gasteiger partial charge < -0.3 is 25.8 Å². The van der Waals surface area contributed by atoms with Gasteiger partial charge in [-0.2, -0.15) is 0 Å². The number of ether oxygens (including phenoxy) is 1. The van der Waals surface area contributed by atoms with E-state index in [4.69, 9.17) is 15.9 Å². The molecule has 0 atom stereocenters. The Bertz CT molecular complexity index is 1140. The molecule has 1 fully saturated rings. The standard InChI is InChI=1S/C27H34N4O5/c1-3-36-26(35)13-12-25(34)31(21-6-4-5-7-21)22-10-9-20(14-17(22)2)30-24(33)16-19-15-18(27(28)29)8-11-23(19)32/h8-11,14-15,21,32H,3-7,12-13,16H2,1-2H3,(H3,28,29)(H,30,33). The van der Waals surface area contributed by atoms with Crippen LogP contribution in [0.1, 0.15) is 62.1 Å². The molecule has 0 spiro atoms. The normalized spacial score (nSPS) is 13.3. The highest BCUT2D eigenvalue weighted by molar-refractivity contribution is 5.98. The van der Waals surface area contributed by atoms with Crippen LogP contribution in [0.4, 0.5) is 11.4 Å². The first-order valence-corrected chi connectivity index (χ1v) is 12.2. The zero-order chi connectivity index (χ0) is 26.2. The smallest absolute Gasteiger partial charge is 0.306 e. The van der Waals surface area contributed by atoms with E-state index in [-0.39, 0.29) is 61.3 Å². The van der Waals surface area contributed by atoms with E-state index in [1.165, 1.54) is 18.2 Å². The van der Waals surface area contributed by atoms with Crippen LogP contribution in [0.2, 0.25) is 0 Å². The molecule has 36 heavy (non-hydrogen) atoms. The van der Waals surface area contributed by atoms with Gasteiger partial charge in [0.15, 0.2) is 0 Å². The molecule has 1 aliphatic carbocycles. The van der Waals surface area contributed by atoms with Gasteiger partial charge in [-0.05, 0) is 68.7 Å². The van der Waals surface area contributed by atoms with Crippen molar-refractivity contribution in [3.8, 4) is 5.75 Å². The van der Waals surface area contributed by atoms with E-state index in [0.29, 0.717) is 16.8 Å². The van der Waals surface area contributed by atoms with Crippen molar-refractivity contribution in [2.75, 3.05) is 16.8 Å². The number of esters is 1. The number of rotatable bonds is 10. The number of carbonyl (C=O) groups is 3. The SMILES string of the molecule is CCOC(=O)CCC(=O)N(c1ccc(NC(=O)Cc2cc(C(=N)N)ccc2O)cc1C)C1CCCC1. The molecule has 0 heterocycles. The number of nitrogens with one attached hydrogen (secondary N) is 2. The molecule has 1 saturated carbocycles. The second kappa shape index (κ2) is 12.2. The first-order valence-electron chi connectivity index (χ1n) is 12.2. The number of benzene rings is 2. The van der Waals surface area contributed by atoms with Crippen molar-refractivity contribution in [1.82, 2.24) is 0 Å². The van der Waals surface area contributed by atoms with E-state index in [1.54, 1.807) is 24.0 Å². The molecule has 2 amide bonds. The van der Waals surface area contributed by atoms with E-state index < -0.39 is 0 Å². The summed E-state index contributed by atoms with van der Waals surface area (Å²) in [5.74, 6) is -1.03. The average molecular weight is 495 g/mol. The van der Waals surface area contributed by atoms with Gasteiger partial charge in [-0.1, -0.05) is 12.8 Å². The quantitative estimate of drug-likeness (QED) is 0.225. The highest BCUT2D eigenvalue weighted by Gasteiger charge is 2.29. The second-order valence-electron chi connectivity index (χ2n) is 8.99. The summed E-state index contributed by atoms with van der Waals surface area (Å²) in [6.07, 6.45) is 3.96. The molecule has 9 heteroatoms. The van der Waals surface area contributed by atoms with E-state index >= 15 is 0 Å². The maximum absolute atomic E-state index is 13.2.